The van der Waals surface area contributed by atoms with Crippen LogP contribution >= 0.6 is 15.9 Å². The van der Waals surface area contributed by atoms with Crippen LogP contribution in [0.2, 0.25) is 0 Å². The van der Waals surface area contributed by atoms with Crippen molar-refractivity contribution in [2.75, 3.05) is 0 Å². The molecule has 0 saturated heterocycles. The molecule has 0 saturated carbocycles. The predicted octanol–water partition coefficient (Wildman–Crippen LogP) is 5.54. The first-order valence-corrected chi connectivity index (χ1v) is 6.07. The number of para-hydroxylation sites is 1. The van der Waals surface area contributed by atoms with Crippen molar-refractivity contribution >= 4 is 15.9 Å². The molecular formula is C13H6BrF5O. The van der Waals surface area contributed by atoms with E-state index >= 15 is 0 Å². The molecule has 0 bridgehead atoms. The van der Waals surface area contributed by atoms with Crippen LogP contribution in [-0.4, -0.2) is 0 Å². The standard InChI is InChI=1S/C13H6BrF5O/c14-8-3-1-2-4-11(8)20-12-9(15)5-7(6-10(12)16)13(17,18)19/h1-6H. The molecule has 2 rings (SSSR count). The van der Waals surface area contributed by atoms with Gasteiger partial charge < -0.3 is 4.74 Å². The minimum absolute atomic E-state index is 0.0880. The zero-order valence-electron chi connectivity index (χ0n) is 9.64. The first kappa shape index (κ1) is 14.8. The van der Waals surface area contributed by atoms with E-state index in [9.17, 15) is 22.0 Å². The lowest BCUT2D eigenvalue weighted by molar-refractivity contribution is -0.138. The predicted molar refractivity (Wildman–Crippen MR) is 65.6 cm³/mol. The fraction of sp³-hybridized carbons (Fsp3) is 0.0769. The van der Waals surface area contributed by atoms with Crippen LogP contribution in [0.4, 0.5) is 22.0 Å². The molecule has 0 aliphatic heterocycles. The molecular weight excluding hydrogens is 347 g/mol. The second kappa shape index (κ2) is 5.40. The van der Waals surface area contributed by atoms with Gasteiger partial charge in [0.15, 0.2) is 17.4 Å². The Morgan fingerprint density at radius 1 is 0.950 bits per heavy atom. The third-order valence-corrected chi connectivity index (χ3v) is 3.03. The van der Waals surface area contributed by atoms with E-state index < -0.39 is 29.1 Å². The van der Waals surface area contributed by atoms with Gasteiger partial charge in [0, 0.05) is 0 Å². The minimum atomic E-state index is -4.83. The Bertz CT molecular complexity index is 616. The Balaban J connectivity index is 2.42. The molecule has 0 amide bonds. The molecule has 2 aromatic carbocycles. The third kappa shape index (κ3) is 3.09. The highest BCUT2D eigenvalue weighted by molar-refractivity contribution is 9.10. The van der Waals surface area contributed by atoms with Crippen LogP contribution < -0.4 is 4.74 Å². The van der Waals surface area contributed by atoms with Crippen molar-refractivity contribution in [1.29, 1.82) is 0 Å². The molecule has 0 fully saturated rings. The first-order valence-electron chi connectivity index (χ1n) is 5.27. The van der Waals surface area contributed by atoms with Gasteiger partial charge in [-0.25, -0.2) is 8.78 Å². The van der Waals surface area contributed by atoms with Gasteiger partial charge >= 0.3 is 6.18 Å². The average molecular weight is 353 g/mol. The first-order chi connectivity index (χ1) is 9.29. The third-order valence-electron chi connectivity index (χ3n) is 2.37. The van der Waals surface area contributed by atoms with E-state index in [2.05, 4.69) is 15.9 Å². The van der Waals surface area contributed by atoms with Crippen molar-refractivity contribution in [3.63, 3.8) is 0 Å². The Labute approximate surface area is 119 Å². The molecule has 2 aromatic rings. The fourth-order valence-electron chi connectivity index (χ4n) is 1.46. The average Bonchev–Trinajstić information content (AvgIpc) is 2.34. The molecule has 20 heavy (non-hydrogen) atoms. The maximum Gasteiger partial charge on any atom is 0.416 e. The van der Waals surface area contributed by atoms with Gasteiger partial charge in [-0.1, -0.05) is 12.1 Å². The van der Waals surface area contributed by atoms with Crippen molar-refractivity contribution in [3.05, 3.63) is 58.1 Å². The van der Waals surface area contributed by atoms with Gasteiger partial charge in [0.1, 0.15) is 5.75 Å². The van der Waals surface area contributed by atoms with Gasteiger partial charge in [-0.15, -0.1) is 0 Å². The number of hydrogen-bond donors (Lipinski definition) is 0. The quantitative estimate of drug-likeness (QED) is 0.645. The molecule has 0 aliphatic carbocycles. The van der Waals surface area contributed by atoms with E-state index in [-0.39, 0.29) is 17.9 Å². The van der Waals surface area contributed by atoms with Crippen molar-refractivity contribution in [2.24, 2.45) is 0 Å². The number of alkyl halides is 3. The molecule has 0 aliphatic rings. The normalized spacial score (nSPS) is 11.5. The molecule has 7 heteroatoms. The summed E-state index contributed by atoms with van der Waals surface area (Å²) in [7, 11) is 0. The van der Waals surface area contributed by atoms with Gasteiger partial charge in [0.25, 0.3) is 0 Å². The van der Waals surface area contributed by atoms with E-state index in [1.165, 1.54) is 6.07 Å². The summed E-state index contributed by atoms with van der Waals surface area (Å²) in [6.45, 7) is 0. The molecule has 0 N–H and O–H groups in total. The summed E-state index contributed by atoms with van der Waals surface area (Å²) in [5, 5.41) is 0. The monoisotopic (exact) mass is 352 g/mol. The highest BCUT2D eigenvalue weighted by Gasteiger charge is 2.33. The van der Waals surface area contributed by atoms with E-state index in [4.69, 9.17) is 4.74 Å². The van der Waals surface area contributed by atoms with Crippen LogP contribution in [0.5, 0.6) is 11.5 Å². The lowest BCUT2D eigenvalue weighted by Gasteiger charge is -2.12. The van der Waals surface area contributed by atoms with Crippen molar-refractivity contribution in [3.8, 4) is 11.5 Å². The van der Waals surface area contributed by atoms with Gasteiger partial charge in [0.2, 0.25) is 0 Å². The Morgan fingerprint density at radius 3 is 2.00 bits per heavy atom. The zero-order valence-corrected chi connectivity index (χ0v) is 11.2. The molecule has 0 spiro atoms. The van der Waals surface area contributed by atoms with Crippen LogP contribution in [0.15, 0.2) is 40.9 Å². The highest BCUT2D eigenvalue weighted by Crippen LogP contribution is 2.37. The minimum Gasteiger partial charge on any atom is -0.450 e. The lowest BCUT2D eigenvalue weighted by atomic mass is 10.2. The van der Waals surface area contributed by atoms with Crippen LogP contribution in [0, 0.1) is 11.6 Å². The van der Waals surface area contributed by atoms with Crippen molar-refractivity contribution in [2.45, 2.75) is 6.18 Å². The van der Waals surface area contributed by atoms with E-state index in [1.807, 2.05) is 0 Å². The van der Waals surface area contributed by atoms with Crippen LogP contribution in [0.3, 0.4) is 0 Å². The van der Waals surface area contributed by atoms with Gasteiger partial charge in [-0.05, 0) is 40.2 Å². The molecule has 1 nitrogen and oxygen atoms in total. The number of benzene rings is 2. The zero-order chi connectivity index (χ0) is 14.9. The summed E-state index contributed by atoms with van der Waals surface area (Å²) in [4.78, 5) is 0. The Morgan fingerprint density at radius 2 is 1.50 bits per heavy atom. The number of rotatable bonds is 2. The highest BCUT2D eigenvalue weighted by atomic mass is 79.9. The summed E-state index contributed by atoms with van der Waals surface area (Å²) in [5.74, 6) is -3.64. The molecule has 0 atom stereocenters. The van der Waals surface area contributed by atoms with E-state index in [0.29, 0.717) is 4.47 Å². The second-order valence-electron chi connectivity index (χ2n) is 3.80. The lowest BCUT2D eigenvalue weighted by Crippen LogP contribution is -2.07. The van der Waals surface area contributed by atoms with Gasteiger partial charge in [-0.2, -0.15) is 13.2 Å². The van der Waals surface area contributed by atoms with Crippen LogP contribution in [-0.2, 0) is 6.18 Å². The summed E-state index contributed by atoms with van der Waals surface area (Å²) in [5.41, 5.74) is -1.41. The topological polar surface area (TPSA) is 9.23 Å². The van der Waals surface area contributed by atoms with Gasteiger partial charge in [-0.3, -0.25) is 0 Å². The second-order valence-corrected chi connectivity index (χ2v) is 4.65. The molecule has 0 heterocycles. The number of halogens is 6. The van der Waals surface area contributed by atoms with Crippen molar-refractivity contribution < 1.29 is 26.7 Å². The summed E-state index contributed by atoms with van der Waals surface area (Å²) in [6, 6.07) is 6.57. The summed E-state index contributed by atoms with van der Waals surface area (Å²) in [6.07, 6.45) is -4.83. The summed E-state index contributed by atoms with van der Waals surface area (Å²) >= 11 is 3.10. The summed E-state index contributed by atoms with van der Waals surface area (Å²) < 4.78 is 69.7. The smallest absolute Gasteiger partial charge is 0.416 e. The molecule has 106 valence electrons. The maximum absolute atomic E-state index is 13.6. The Kier molecular flexibility index (Phi) is 3.99. The largest absolute Gasteiger partial charge is 0.450 e. The van der Waals surface area contributed by atoms with Crippen LogP contribution in [0.1, 0.15) is 5.56 Å². The number of ether oxygens (including phenoxy) is 1. The Hall–Kier alpha value is -1.63. The van der Waals surface area contributed by atoms with E-state index in [1.54, 1.807) is 18.2 Å². The number of hydrogen-bond acceptors (Lipinski definition) is 1. The SMILES string of the molecule is Fc1cc(C(F)(F)F)cc(F)c1Oc1ccccc1Br. The van der Waals surface area contributed by atoms with E-state index in [0.717, 1.165) is 0 Å². The fourth-order valence-corrected chi connectivity index (χ4v) is 1.82. The van der Waals surface area contributed by atoms with Crippen molar-refractivity contribution in [1.82, 2.24) is 0 Å². The molecule has 0 radical (unpaired) electrons. The van der Waals surface area contributed by atoms with Gasteiger partial charge in [0.05, 0.1) is 10.0 Å². The maximum atomic E-state index is 13.6. The van der Waals surface area contributed by atoms with Crippen LogP contribution in [0.25, 0.3) is 0 Å². The molecule has 0 unspecified atom stereocenters. The molecule has 0 aromatic heterocycles.